The number of nitrogens with one attached hydrogen (secondary N) is 1. The molecule has 2 aliphatic rings. The first-order valence-electron chi connectivity index (χ1n) is 9.25. The quantitative estimate of drug-likeness (QED) is 0.770. The molecule has 8 nitrogen and oxygen atoms in total. The van der Waals surface area contributed by atoms with Crippen LogP contribution in [0.25, 0.3) is 0 Å². The normalized spacial score (nSPS) is 20.4. The maximum absolute atomic E-state index is 12.6. The molecule has 0 saturated carbocycles. The second-order valence-electron chi connectivity index (χ2n) is 7.37. The Kier molecular flexibility index (Phi) is 5.06. The number of nitrogens with zero attached hydrogens (tertiary/aromatic N) is 2. The number of hydrogen-bond acceptors (Lipinski definition) is 6. The first-order chi connectivity index (χ1) is 13.6. The Balaban J connectivity index is 1.54. The van der Waals surface area contributed by atoms with Gasteiger partial charge in [0, 0.05) is 26.2 Å². The van der Waals surface area contributed by atoms with Crippen LogP contribution in [0, 0.1) is 0 Å². The molecule has 1 saturated heterocycles. The van der Waals surface area contributed by atoms with E-state index in [0.717, 1.165) is 31.2 Å². The number of anilines is 1. The smallest absolute Gasteiger partial charge is 0.244 e. The van der Waals surface area contributed by atoms with Gasteiger partial charge in [-0.25, -0.2) is 21.1 Å². The minimum atomic E-state index is -3.58. The van der Waals surface area contributed by atoms with Crippen LogP contribution < -0.4 is 14.4 Å². The SMILES string of the molecule is CN(Cc1ccc(Oc2ccc3c(c2)S(=O)(=O)NC2CCCN32)cc1)S(C)(=O)=O. The van der Waals surface area contributed by atoms with Crippen molar-refractivity contribution in [3.8, 4) is 11.5 Å². The molecule has 0 radical (unpaired) electrons. The van der Waals surface area contributed by atoms with Crippen LogP contribution in [0.1, 0.15) is 18.4 Å². The summed E-state index contributed by atoms with van der Waals surface area (Å²) >= 11 is 0. The molecule has 29 heavy (non-hydrogen) atoms. The summed E-state index contributed by atoms with van der Waals surface area (Å²) in [6, 6.07) is 12.1. The van der Waals surface area contributed by atoms with Gasteiger partial charge in [-0.05, 0) is 42.7 Å². The maximum Gasteiger partial charge on any atom is 0.244 e. The molecule has 2 aromatic rings. The molecule has 156 valence electrons. The zero-order valence-electron chi connectivity index (χ0n) is 16.2. The van der Waals surface area contributed by atoms with Crippen molar-refractivity contribution in [3.05, 3.63) is 48.0 Å². The monoisotopic (exact) mass is 437 g/mol. The molecule has 0 spiro atoms. The van der Waals surface area contributed by atoms with Crippen molar-refractivity contribution in [2.75, 3.05) is 24.7 Å². The highest BCUT2D eigenvalue weighted by Gasteiger charge is 2.37. The van der Waals surface area contributed by atoms with Crippen molar-refractivity contribution < 1.29 is 21.6 Å². The largest absolute Gasteiger partial charge is 0.457 e. The van der Waals surface area contributed by atoms with E-state index in [1.807, 2.05) is 0 Å². The third-order valence-electron chi connectivity index (χ3n) is 5.20. The summed E-state index contributed by atoms with van der Waals surface area (Å²) in [7, 11) is -5.31. The lowest BCUT2D eigenvalue weighted by atomic mass is 10.2. The van der Waals surface area contributed by atoms with Gasteiger partial charge >= 0.3 is 0 Å². The highest BCUT2D eigenvalue weighted by Crippen LogP contribution is 2.38. The van der Waals surface area contributed by atoms with Gasteiger partial charge < -0.3 is 9.64 Å². The Hall–Kier alpha value is -2.14. The number of rotatable bonds is 5. The number of hydrogen-bond donors (Lipinski definition) is 1. The van der Waals surface area contributed by atoms with Crippen LogP contribution in [-0.2, 0) is 26.6 Å². The molecule has 1 N–H and O–H groups in total. The van der Waals surface area contributed by atoms with Gasteiger partial charge in [0.25, 0.3) is 0 Å². The van der Waals surface area contributed by atoms with E-state index >= 15 is 0 Å². The third kappa shape index (κ3) is 4.11. The van der Waals surface area contributed by atoms with Crippen LogP contribution in [0.4, 0.5) is 5.69 Å². The van der Waals surface area contributed by atoms with Gasteiger partial charge in [-0.3, -0.25) is 0 Å². The van der Waals surface area contributed by atoms with Gasteiger partial charge in [-0.1, -0.05) is 12.1 Å². The molecule has 0 bridgehead atoms. The fraction of sp³-hybridized carbons (Fsp3) is 0.368. The maximum atomic E-state index is 12.6. The van der Waals surface area contributed by atoms with Gasteiger partial charge in [-0.2, -0.15) is 4.72 Å². The lowest BCUT2D eigenvalue weighted by Crippen LogP contribution is -2.48. The standard InChI is InChI=1S/C19H23N3O5S2/c1-21(28(2,23)24)13-14-5-7-15(8-6-14)27-16-9-10-17-18(12-16)29(25,26)20-19-4-3-11-22(17)19/h5-10,12,19-20H,3-4,11,13H2,1-2H3. The molecule has 4 rings (SSSR count). The van der Waals surface area contributed by atoms with E-state index in [4.69, 9.17) is 4.74 Å². The second-order valence-corrected chi connectivity index (χ2v) is 11.1. The molecular weight excluding hydrogens is 414 g/mol. The molecule has 2 heterocycles. The minimum Gasteiger partial charge on any atom is -0.457 e. The second kappa shape index (κ2) is 7.28. The van der Waals surface area contributed by atoms with E-state index in [0.29, 0.717) is 17.2 Å². The van der Waals surface area contributed by atoms with Gasteiger partial charge in [0.15, 0.2) is 0 Å². The van der Waals surface area contributed by atoms with E-state index in [-0.39, 0.29) is 17.6 Å². The Morgan fingerprint density at radius 3 is 2.55 bits per heavy atom. The number of fused-ring (bicyclic) bond motifs is 3. The predicted molar refractivity (Wildman–Crippen MR) is 110 cm³/mol. The minimum absolute atomic E-state index is 0.170. The van der Waals surface area contributed by atoms with Crippen molar-refractivity contribution in [1.82, 2.24) is 9.03 Å². The van der Waals surface area contributed by atoms with Crippen LogP contribution in [0.5, 0.6) is 11.5 Å². The van der Waals surface area contributed by atoms with E-state index in [2.05, 4.69) is 9.62 Å². The summed E-state index contributed by atoms with van der Waals surface area (Å²) in [5, 5.41) is 0. The fourth-order valence-corrected chi connectivity index (χ4v) is 5.45. The van der Waals surface area contributed by atoms with E-state index in [1.54, 1.807) is 36.4 Å². The summed E-state index contributed by atoms with van der Waals surface area (Å²) in [4.78, 5) is 2.30. The molecule has 0 amide bonds. The molecule has 1 fully saturated rings. The molecule has 0 aliphatic carbocycles. The summed E-state index contributed by atoms with van der Waals surface area (Å²) in [6.45, 7) is 1.09. The lowest BCUT2D eigenvalue weighted by Gasteiger charge is -2.33. The molecule has 1 atom stereocenters. The fourth-order valence-electron chi connectivity index (χ4n) is 3.60. The Bertz CT molecular complexity index is 1130. The third-order valence-corrected chi connectivity index (χ3v) is 7.95. The molecule has 2 aliphatic heterocycles. The van der Waals surface area contributed by atoms with E-state index < -0.39 is 20.0 Å². The van der Waals surface area contributed by atoms with E-state index in [1.165, 1.54) is 17.4 Å². The zero-order valence-corrected chi connectivity index (χ0v) is 17.8. The number of ether oxygens (including phenoxy) is 1. The summed E-state index contributed by atoms with van der Waals surface area (Å²) in [5.74, 6) is 0.962. The van der Waals surface area contributed by atoms with Crippen LogP contribution in [0.2, 0.25) is 0 Å². The van der Waals surface area contributed by atoms with Gasteiger partial charge in [0.2, 0.25) is 20.0 Å². The number of benzene rings is 2. The molecule has 1 unspecified atom stereocenters. The first-order valence-corrected chi connectivity index (χ1v) is 12.6. The highest BCUT2D eigenvalue weighted by molar-refractivity contribution is 7.89. The van der Waals surface area contributed by atoms with E-state index in [9.17, 15) is 16.8 Å². The topological polar surface area (TPSA) is 96.0 Å². The van der Waals surface area contributed by atoms with Crippen LogP contribution in [0.15, 0.2) is 47.4 Å². The van der Waals surface area contributed by atoms with Crippen molar-refractivity contribution >= 4 is 25.7 Å². The van der Waals surface area contributed by atoms with Crippen molar-refractivity contribution in [3.63, 3.8) is 0 Å². The Morgan fingerprint density at radius 1 is 1.17 bits per heavy atom. The Labute approximate surface area is 171 Å². The van der Waals surface area contributed by atoms with Crippen LogP contribution in [0.3, 0.4) is 0 Å². The van der Waals surface area contributed by atoms with Gasteiger partial charge in [-0.15, -0.1) is 0 Å². The zero-order chi connectivity index (χ0) is 20.8. The van der Waals surface area contributed by atoms with Crippen molar-refractivity contribution in [2.24, 2.45) is 0 Å². The molecule has 0 aromatic heterocycles. The van der Waals surface area contributed by atoms with Crippen molar-refractivity contribution in [2.45, 2.75) is 30.4 Å². The molecule has 2 aromatic carbocycles. The average molecular weight is 438 g/mol. The summed E-state index contributed by atoms with van der Waals surface area (Å²) in [5.41, 5.74) is 1.53. The molecule has 10 heteroatoms. The molecular formula is C19H23N3O5S2. The summed E-state index contributed by atoms with van der Waals surface area (Å²) in [6.07, 6.45) is 2.74. The lowest BCUT2D eigenvalue weighted by molar-refractivity contribution is 0.469. The van der Waals surface area contributed by atoms with Gasteiger partial charge in [0.05, 0.1) is 18.1 Å². The van der Waals surface area contributed by atoms with Crippen LogP contribution in [-0.4, -0.2) is 47.2 Å². The first kappa shape index (κ1) is 20.1. The average Bonchev–Trinajstić information content (AvgIpc) is 3.10. The number of sulfonamides is 2. The highest BCUT2D eigenvalue weighted by atomic mass is 32.2. The Morgan fingerprint density at radius 2 is 1.86 bits per heavy atom. The van der Waals surface area contributed by atoms with Gasteiger partial charge in [0.1, 0.15) is 16.4 Å². The summed E-state index contributed by atoms with van der Waals surface area (Å²) < 4.78 is 58.1. The predicted octanol–water partition coefficient (Wildman–Crippen LogP) is 2.09. The van der Waals surface area contributed by atoms with Crippen LogP contribution >= 0.6 is 0 Å². The van der Waals surface area contributed by atoms with Crippen molar-refractivity contribution in [1.29, 1.82) is 0 Å².